The van der Waals surface area contributed by atoms with Crippen molar-refractivity contribution < 1.29 is 4.74 Å². The third-order valence-electron chi connectivity index (χ3n) is 3.16. The molecule has 1 aromatic heterocycles. The number of anilines is 1. The fraction of sp³-hybridized carbons (Fsp3) is 0.417. The quantitative estimate of drug-likeness (QED) is 0.879. The molecule has 2 aromatic rings. The Morgan fingerprint density at radius 2 is 2.12 bits per heavy atom. The van der Waals surface area contributed by atoms with E-state index in [4.69, 9.17) is 4.74 Å². The number of aryl methyl sites for hydroxylation is 1. The predicted octanol–water partition coefficient (Wildman–Crippen LogP) is 2.47. The molecule has 17 heavy (non-hydrogen) atoms. The predicted molar refractivity (Wildman–Crippen MR) is 71.6 cm³/mol. The van der Waals surface area contributed by atoms with Crippen molar-refractivity contribution in [2.45, 2.75) is 6.92 Å². The lowest BCUT2D eigenvalue weighted by molar-refractivity contribution is 0.123. The average Bonchev–Trinajstić information content (AvgIpc) is 2.72. The van der Waals surface area contributed by atoms with Gasteiger partial charge >= 0.3 is 0 Å². The second-order valence-electron chi connectivity index (χ2n) is 4.26. The molecule has 0 amide bonds. The van der Waals surface area contributed by atoms with Crippen molar-refractivity contribution in [2.24, 2.45) is 0 Å². The first-order chi connectivity index (χ1) is 8.25. The van der Waals surface area contributed by atoms with Gasteiger partial charge in [0.15, 0.2) is 0 Å². The lowest BCUT2D eigenvalue weighted by Crippen LogP contribution is -2.36. The molecular formula is C12H14BrN3O. The second-order valence-corrected chi connectivity index (χ2v) is 5.17. The van der Waals surface area contributed by atoms with Crippen molar-refractivity contribution in [3.8, 4) is 0 Å². The molecule has 0 saturated carbocycles. The van der Waals surface area contributed by atoms with Gasteiger partial charge in [-0.3, -0.25) is 5.10 Å². The van der Waals surface area contributed by atoms with Gasteiger partial charge in [-0.2, -0.15) is 5.10 Å². The van der Waals surface area contributed by atoms with Gasteiger partial charge in [0.05, 0.1) is 30.1 Å². The summed E-state index contributed by atoms with van der Waals surface area (Å²) >= 11 is 3.57. The van der Waals surface area contributed by atoms with Crippen LogP contribution >= 0.6 is 15.9 Å². The average molecular weight is 296 g/mol. The Morgan fingerprint density at radius 3 is 2.88 bits per heavy atom. The third kappa shape index (κ3) is 1.93. The molecule has 4 nitrogen and oxygen atoms in total. The summed E-state index contributed by atoms with van der Waals surface area (Å²) in [6, 6.07) is 4.25. The normalized spacial score (nSPS) is 16.7. The fourth-order valence-corrected chi connectivity index (χ4v) is 2.69. The summed E-state index contributed by atoms with van der Waals surface area (Å²) in [5.41, 5.74) is 3.36. The topological polar surface area (TPSA) is 41.2 Å². The van der Waals surface area contributed by atoms with E-state index in [2.05, 4.69) is 43.2 Å². The van der Waals surface area contributed by atoms with Crippen LogP contribution < -0.4 is 4.90 Å². The maximum Gasteiger partial charge on any atom is 0.0887 e. The van der Waals surface area contributed by atoms with E-state index >= 15 is 0 Å². The van der Waals surface area contributed by atoms with Gasteiger partial charge in [0.2, 0.25) is 0 Å². The number of aromatic nitrogens is 2. The zero-order chi connectivity index (χ0) is 11.8. The third-order valence-corrected chi connectivity index (χ3v) is 3.62. The minimum Gasteiger partial charge on any atom is -0.378 e. The van der Waals surface area contributed by atoms with Gasteiger partial charge in [0, 0.05) is 22.9 Å². The molecule has 1 aromatic carbocycles. The largest absolute Gasteiger partial charge is 0.378 e. The number of nitrogens with one attached hydrogen (secondary N) is 1. The lowest BCUT2D eigenvalue weighted by Gasteiger charge is -2.29. The van der Waals surface area contributed by atoms with Crippen molar-refractivity contribution in [2.75, 3.05) is 31.2 Å². The highest BCUT2D eigenvalue weighted by molar-refractivity contribution is 9.10. The van der Waals surface area contributed by atoms with E-state index in [1.165, 1.54) is 11.1 Å². The fourth-order valence-electron chi connectivity index (χ4n) is 2.25. The number of hydrogen-bond donors (Lipinski definition) is 1. The van der Waals surface area contributed by atoms with Gasteiger partial charge in [-0.25, -0.2) is 0 Å². The zero-order valence-corrected chi connectivity index (χ0v) is 11.2. The molecule has 0 bridgehead atoms. The van der Waals surface area contributed by atoms with Crippen molar-refractivity contribution in [1.29, 1.82) is 0 Å². The molecule has 0 spiro atoms. The van der Waals surface area contributed by atoms with E-state index in [1.807, 2.05) is 6.92 Å². The Bertz CT molecular complexity index is 546. The number of halogens is 1. The number of ether oxygens (including phenoxy) is 1. The Balaban J connectivity index is 2.13. The van der Waals surface area contributed by atoms with Gasteiger partial charge in [-0.05, 0) is 19.1 Å². The van der Waals surface area contributed by atoms with Gasteiger partial charge in [-0.15, -0.1) is 0 Å². The smallest absolute Gasteiger partial charge is 0.0887 e. The van der Waals surface area contributed by atoms with Crippen LogP contribution in [0.4, 0.5) is 5.69 Å². The molecule has 0 atom stereocenters. The maximum absolute atomic E-state index is 5.39. The highest BCUT2D eigenvalue weighted by Crippen LogP contribution is 2.31. The molecule has 1 fully saturated rings. The van der Waals surface area contributed by atoms with Crippen molar-refractivity contribution in [1.82, 2.24) is 10.2 Å². The molecule has 0 unspecified atom stereocenters. The Kier molecular flexibility index (Phi) is 2.80. The number of H-pyrrole nitrogens is 1. The van der Waals surface area contributed by atoms with Crippen LogP contribution in [0.15, 0.2) is 16.6 Å². The number of benzene rings is 1. The zero-order valence-electron chi connectivity index (χ0n) is 9.66. The summed E-state index contributed by atoms with van der Waals surface area (Å²) in [5, 5.41) is 8.60. The van der Waals surface area contributed by atoms with Crippen LogP contribution in [-0.2, 0) is 4.74 Å². The minimum absolute atomic E-state index is 0.793. The van der Waals surface area contributed by atoms with Crippen LogP contribution in [0.2, 0.25) is 0 Å². The highest BCUT2D eigenvalue weighted by atomic mass is 79.9. The molecule has 1 saturated heterocycles. The number of morpholine rings is 1. The number of hydrogen-bond acceptors (Lipinski definition) is 3. The molecule has 90 valence electrons. The Labute approximate surface area is 108 Å². The SMILES string of the molecule is Cc1n[nH]c2c(N3CCOCC3)cc(Br)cc12. The summed E-state index contributed by atoms with van der Waals surface area (Å²) in [5.74, 6) is 0. The van der Waals surface area contributed by atoms with E-state index in [-0.39, 0.29) is 0 Å². The maximum atomic E-state index is 5.39. The second kappa shape index (κ2) is 4.31. The number of fused-ring (bicyclic) bond motifs is 1. The molecular weight excluding hydrogens is 282 g/mol. The molecule has 1 aliphatic heterocycles. The van der Waals surface area contributed by atoms with Crippen molar-refractivity contribution in [3.05, 3.63) is 22.3 Å². The first-order valence-corrected chi connectivity index (χ1v) is 6.52. The van der Waals surface area contributed by atoms with Gasteiger partial charge < -0.3 is 9.64 Å². The van der Waals surface area contributed by atoms with E-state index in [1.54, 1.807) is 0 Å². The van der Waals surface area contributed by atoms with E-state index < -0.39 is 0 Å². The first kappa shape index (κ1) is 11.0. The van der Waals surface area contributed by atoms with Crippen LogP contribution in [0.3, 0.4) is 0 Å². The highest BCUT2D eigenvalue weighted by Gasteiger charge is 2.16. The number of rotatable bonds is 1. The molecule has 3 rings (SSSR count). The molecule has 0 radical (unpaired) electrons. The number of aromatic amines is 1. The van der Waals surface area contributed by atoms with Crippen LogP contribution in [0, 0.1) is 6.92 Å². The number of nitrogens with zero attached hydrogens (tertiary/aromatic N) is 2. The summed E-state index contributed by atoms with van der Waals surface area (Å²) in [4.78, 5) is 2.34. The van der Waals surface area contributed by atoms with Crippen LogP contribution in [0.25, 0.3) is 10.9 Å². The molecule has 2 heterocycles. The molecule has 0 aliphatic carbocycles. The van der Waals surface area contributed by atoms with Crippen molar-refractivity contribution in [3.63, 3.8) is 0 Å². The van der Waals surface area contributed by atoms with Gasteiger partial charge in [0.25, 0.3) is 0 Å². The molecule has 5 heteroatoms. The first-order valence-electron chi connectivity index (χ1n) is 5.72. The van der Waals surface area contributed by atoms with Gasteiger partial charge in [-0.1, -0.05) is 15.9 Å². The Hall–Kier alpha value is -1.07. The summed E-state index contributed by atoms with van der Waals surface area (Å²) in [6.45, 7) is 5.48. The molecule has 1 aliphatic rings. The Morgan fingerprint density at radius 1 is 1.35 bits per heavy atom. The van der Waals surface area contributed by atoms with E-state index in [0.29, 0.717) is 0 Å². The summed E-state index contributed by atoms with van der Waals surface area (Å²) in [7, 11) is 0. The van der Waals surface area contributed by atoms with Crippen molar-refractivity contribution >= 4 is 32.5 Å². The van der Waals surface area contributed by atoms with Gasteiger partial charge in [0.1, 0.15) is 0 Å². The monoisotopic (exact) mass is 295 g/mol. The summed E-state index contributed by atoms with van der Waals surface area (Å²) in [6.07, 6.45) is 0. The van der Waals surface area contributed by atoms with Crippen LogP contribution in [0.1, 0.15) is 5.69 Å². The molecule has 1 N–H and O–H groups in total. The van der Waals surface area contributed by atoms with E-state index in [0.717, 1.165) is 42.0 Å². The summed E-state index contributed by atoms with van der Waals surface area (Å²) < 4.78 is 6.48. The lowest BCUT2D eigenvalue weighted by atomic mass is 10.1. The van der Waals surface area contributed by atoms with Crippen LogP contribution in [-0.4, -0.2) is 36.5 Å². The van der Waals surface area contributed by atoms with Crippen LogP contribution in [0.5, 0.6) is 0 Å². The minimum atomic E-state index is 0.793. The standard InChI is InChI=1S/C12H14BrN3O/c1-8-10-6-9(13)7-11(12(10)15-14-8)16-2-4-17-5-3-16/h6-7H,2-5H2,1H3,(H,14,15). The van der Waals surface area contributed by atoms with E-state index in [9.17, 15) is 0 Å².